The third kappa shape index (κ3) is 5.46. The Morgan fingerprint density at radius 2 is 2.14 bits per heavy atom. The third-order valence-electron chi connectivity index (χ3n) is 4.19. The molecule has 1 saturated heterocycles. The van der Waals surface area contributed by atoms with E-state index < -0.39 is 0 Å². The summed E-state index contributed by atoms with van der Waals surface area (Å²) in [5.74, 6) is 2.78. The van der Waals surface area contributed by atoms with Crippen LogP contribution < -0.4 is 5.32 Å². The molecule has 0 aliphatic carbocycles. The summed E-state index contributed by atoms with van der Waals surface area (Å²) >= 11 is 0. The quantitative estimate of drug-likeness (QED) is 0.798. The fourth-order valence-electron chi connectivity index (χ4n) is 2.99. The number of likely N-dealkylation sites (N-methyl/N-ethyl adjacent to an activating group) is 2. The predicted octanol–water partition coefficient (Wildman–Crippen LogP) is 2.55. The minimum absolute atomic E-state index is 0.675. The van der Waals surface area contributed by atoms with Gasteiger partial charge in [0.05, 0.1) is 13.1 Å². The van der Waals surface area contributed by atoms with Gasteiger partial charge in [0, 0.05) is 12.6 Å². The van der Waals surface area contributed by atoms with Crippen molar-refractivity contribution in [1.29, 1.82) is 0 Å². The SMILES string of the molecule is CC(C)CNCc1ccc(CN(C)CC2CCCN2C)o1. The van der Waals surface area contributed by atoms with Crippen molar-refractivity contribution in [2.75, 3.05) is 33.7 Å². The molecular weight excluding hydrogens is 262 g/mol. The van der Waals surface area contributed by atoms with Crippen molar-refractivity contribution >= 4 is 0 Å². The summed E-state index contributed by atoms with van der Waals surface area (Å²) in [7, 11) is 4.42. The van der Waals surface area contributed by atoms with Crippen LogP contribution in [0.4, 0.5) is 0 Å². The van der Waals surface area contributed by atoms with E-state index in [9.17, 15) is 0 Å². The molecule has 0 aromatic carbocycles. The van der Waals surface area contributed by atoms with E-state index >= 15 is 0 Å². The van der Waals surface area contributed by atoms with Crippen LogP contribution in [-0.2, 0) is 13.1 Å². The van der Waals surface area contributed by atoms with Gasteiger partial charge in [0.15, 0.2) is 0 Å². The number of rotatable bonds is 8. The zero-order chi connectivity index (χ0) is 15.2. The number of likely N-dealkylation sites (tertiary alicyclic amines) is 1. The number of hydrogen-bond donors (Lipinski definition) is 1. The lowest BCUT2D eigenvalue weighted by Crippen LogP contribution is -2.36. The van der Waals surface area contributed by atoms with E-state index in [1.165, 1.54) is 19.4 Å². The minimum atomic E-state index is 0.675. The van der Waals surface area contributed by atoms with E-state index in [1.54, 1.807) is 0 Å². The monoisotopic (exact) mass is 293 g/mol. The first-order valence-electron chi connectivity index (χ1n) is 8.21. The number of nitrogens with one attached hydrogen (secondary N) is 1. The Labute approximate surface area is 129 Å². The van der Waals surface area contributed by atoms with Crippen molar-refractivity contribution in [3.63, 3.8) is 0 Å². The van der Waals surface area contributed by atoms with Crippen molar-refractivity contribution in [2.24, 2.45) is 5.92 Å². The summed E-state index contributed by atoms with van der Waals surface area (Å²) in [6.45, 7) is 9.56. The molecule has 0 radical (unpaired) electrons. The van der Waals surface area contributed by atoms with Gasteiger partial charge >= 0.3 is 0 Å². The topological polar surface area (TPSA) is 31.6 Å². The molecule has 2 heterocycles. The van der Waals surface area contributed by atoms with E-state index in [4.69, 9.17) is 4.42 Å². The highest BCUT2D eigenvalue weighted by molar-refractivity contribution is 5.07. The van der Waals surface area contributed by atoms with Gasteiger partial charge in [-0.15, -0.1) is 0 Å². The summed E-state index contributed by atoms with van der Waals surface area (Å²) in [4.78, 5) is 4.84. The van der Waals surface area contributed by atoms with E-state index in [0.29, 0.717) is 12.0 Å². The standard InChI is InChI=1S/C17H31N3O/c1-14(2)10-18-11-16-7-8-17(21-16)13-19(3)12-15-6-5-9-20(15)4/h7-8,14-15,18H,5-6,9-13H2,1-4H3. The van der Waals surface area contributed by atoms with Gasteiger partial charge in [-0.25, -0.2) is 0 Å². The summed E-state index contributed by atoms with van der Waals surface area (Å²) < 4.78 is 5.91. The van der Waals surface area contributed by atoms with Crippen LogP contribution in [-0.4, -0.2) is 49.6 Å². The Kier molecular flexibility index (Phi) is 6.27. The molecule has 0 amide bonds. The van der Waals surface area contributed by atoms with Crippen LogP contribution in [0.25, 0.3) is 0 Å². The fraction of sp³-hybridized carbons (Fsp3) is 0.765. The molecule has 1 N–H and O–H groups in total. The number of nitrogens with zero attached hydrogens (tertiary/aromatic N) is 2. The van der Waals surface area contributed by atoms with Crippen molar-refractivity contribution < 1.29 is 4.42 Å². The Hall–Kier alpha value is -0.840. The van der Waals surface area contributed by atoms with Crippen LogP contribution in [0.15, 0.2) is 16.5 Å². The first kappa shape index (κ1) is 16.5. The molecule has 1 atom stereocenters. The smallest absolute Gasteiger partial charge is 0.118 e. The average molecular weight is 293 g/mol. The Morgan fingerprint density at radius 1 is 1.38 bits per heavy atom. The summed E-state index contributed by atoms with van der Waals surface area (Å²) in [5, 5.41) is 3.42. The fourth-order valence-corrected chi connectivity index (χ4v) is 2.99. The molecule has 1 aliphatic rings. The highest BCUT2D eigenvalue weighted by Crippen LogP contribution is 2.17. The van der Waals surface area contributed by atoms with Gasteiger partial charge in [-0.2, -0.15) is 0 Å². The molecule has 1 fully saturated rings. The van der Waals surface area contributed by atoms with Gasteiger partial charge in [0.25, 0.3) is 0 Å². The zero-order valence-corrected chi connectivity index (χ0v) is 14.1. The molecule has 1 aromatic rings. The van der Waals surface area contributed by atoms with Gasteiger partial charge in [0.1, 0.15) is 11.5 Å². The normalized spacial score (nSPS) is 20.0. The van der Waals surface area contributed by atoms with Crippen molar-refractivity contribution in [1.82, 2.24) is 15.1 Å². The second-order valence-corrected chi connectivity index (χ2v) is 6.87. The third-order valence-corrected chi connectivity index (χ3v) is 4.19. The van der Waals surface area contributed by atoms with E-state index in [-0.39, 0.29) is 0 Å². The van der Waals surface area contributed by atoms with Crippen LogP contribution in [0.2, 0.25) is 0 Å². The highest BCUT2D eigenvalue weighted by atomic mass is 16.3. The average Bonchev–Trinajstić information content (AvgIpc) is 3.00. The molecule has 0 saturated carbocycles. The van der Waals surface area contributed by atoms with Gasteiger partial charge in [-0.3, -0.25) is 4.90 Å². The van der Waals surface area contributed by atoms with Gasteiger partial charge in [-0.1, -0.05) is 13.8 Å². The molecule has 0 spiro atoms. The zero-order valence-electron chi connectivity index (χ0n) is 14.1. The lowest BCUT2D eigenvalue weighted by molar-refractivity contribution is 0.205. The summed E-state index contributed by atoms with van der Waals surface area (Å²) in [5.41, 5.74) is 0. The predicted molar refractivity (Wildman–Crippen MR) is 87.2 cm³/mol. The molecule has 21 heavy (non-hydrogen) atoms. The lowest BCUT2D eigenvalue weighted by Gasteiger charge is -2.25. The first-order valence-corrected chi connectivity index (χ1v) is 8.21. The van der Waals surface area contributed by atoms with Crippen LogP contribution in [0.1, 0.15) is 38.2 Å². The van der Waals surface area contributed by atoms with E-state index in [1.807, 2.05) is 0 Å². The maximum Gasteiger partial charge on any atom is 0.118 e. The Balaban J connectivity index is 1.73. The van der Waals surface area contributed by atoms with Gasteiger partial charge in [0.2, 0.25) is 0 Å². The maximum absolute atomic E-state index is 5.91. The van der Waals surface area contributed by atoms with Crippen LogP contribution in [0.3, 0.4) is 0 Å². The van der Waals surface area contributed by atoms with Crippen LogP contribution >= 0.6 is 0 Å². The number of hydrogen-bond acceptors (Lipinski definition) is 4. The van der Waals surface area contributed by atoms with Gasteiger partial charge in [-0.05, 0) is 58.1 Å². The number of furan rings is 1. The lowest BCUT2D eigenvalue weighted by atomic mass is 10.2. The van der Waals surface area contributed by atoms with Crippen molar-refractivity contribution in [2.45, 2.75) is 45.8 Å². The Bertz CT molecular complexity index is 416. The first-order chi connectivity index (χ1) is 10.0. The highest BCUT2D eigenvalue weighted by Gasteiger charge is 2.22. The minimum Gasteiger partial charge on any atom is -0.463 e. The molecule has 4 heteroatoms. The van der Waals surface area contributed by atoms with E-state index in [2.05, 4.69) is 55.2 Å². The van der Waals surface area contributed by atoms with Crippen molar-refractivity contribution in [3.05, 3.63) is 23.7 Å². The largest absolute Gasteiger partial charge is 0.463 e. The Morgan fingerprint density at radius 3 is 2.81 bits per heavy atom. The summed E-state index contributed by atoms with van der Waals surface area (Å²) in [6, 6.07) is 4.91. The van der Waals surface area contributed by atoms with Crippen LogP contribution in [0.5, 0.6) is 0 Å². The molecule has 0 bridgehead atoms. The molecule has 1 aliphatic heterocycles. The van der Waals surface area contributed by atoms with Gasteiger partial charge < -0.3 is 14.6 Å². The van der Waals surface area contributed by atoms with Crippen molar-refractivity contribution in [3.8, 4) is 0 Å². The second kappa shape index (κ2) is 7.97. The molecule has 120 valence electrons. The molecule has 4 nitrogen and oxygen atoms in total. The molecule has 1 unspecified atom stereocenters. The molecule has 1 aromatic heterocycles. The second-order valence-electron chi connectivity index (χ2n) is 6.87. The van der Waals surface area contributed by atoms with Crippen LogP contribution in [0, 0.1) is 5.92 Å². The molecule has 2 rings (SSSR count). The summed E-state index contributed by atoms with van der Waals surface area (Å²) in [6.07, 6.45) is 2.66. The molecular formula is C17H31N3O. The van der Waals surface area contributed by atoms with E-state index in [0.717, 1.165) is 37.7 Å². The maximum atomic E-state index is 5.91.